The van der Waals surface area contributed by atoms with Crippen LogP contribution in [0.25, 0.3) is 10.9 Å². The number of ether oxygens (including phenoxy) is 1. The molecule has 0 aliphatic carbocycles. The van der Waals surface area contributed by atoms with Crippen LogP contribution in [0, 0.1) is 0 Å². The lowest BCUT2D eigenvalue weighted by Gasteiger charge is -2.33. The fraction of sp³-hybridized carbons (Fsp3) is 0.455. The third-order valence-electron chi connectivity index (χ3n) is 5.61. The molecule has 4 rings (SSSR count). The molecule has 1 fully saturated rings. The van der Waals surface area contributed by atoms with Crippen molar-refractivity contribution in [2.45, 2.75) is 25.3 Å². The number of nitrogens with zero attached hydrogens (tertiary/aromatic N) is 5. The maximum absolute atomic E-state index is 5.49. The van der Waals surface area contributed by atoms with Crippen molar-refractivity contribution in [1.82, 2.24) is 19.4 Å². The number of imidazole rings is 1. The van der Waals surface area contributed by atoms with Crippen molar-refractivity contribution >= 4 is 16.7 Å². The normalized spacial score (nSPS) is 15.5. The van der Waals surface area contributed by atoms with Gasteiger partial charge in [-0.15, -0.1) is 0 Å². The molecule has 28 heavy (non-hydrogen) atoms. The van der Waals surface area contributed by atoms with Crippen LogP contribution < -0.4 is 9.64 Å². The topological polar surface area (TPSA) is 46.4 Å². The minimum absolute atomic E-state index is 0.517. The Morgan fingerprint density at radius 2 is 1.96 bits per heavy atom. The first kappa shape index (κ1) is 18.7. The predicted octanol–water partition coefficient (Wildman–Crippen LogP) is 3.39. The second-order valence-corrected chi connectivity index (χ2v) is 7.74. The Kier molecular flexibility index (Phi) is 5.48. The summed E-state index contributed by atoms with van der Waals surface area (Å²) >= 11 is 0. The van der Waals surface area contributed by atoms with Gasteiger partial charge in [-0.05, 0) is 45.1 Å². The van der Waals surface area contributed by atoms with Crippen LogP contribution in [0.15, 0.2) is 42.7 Å². The average Bonchev–Trinajstić information content (AvgIpc) is 3.20. The summed E-state index contributed by atoms with van der Waals surface area (Å²) < 4.78 is 7.81. The molecule has 0 unspecified atom stereocenters. The van der Waals surface area contributed by atoms with Gasteiger partial charge in [0.05, 0.1) is 7.11 Å². The third-order valence-corrected chi connectivity index (χ3v) is 5.61. The summed E-state index contributed by atoms with van der Waals surface area (Å²) in [6.45, 7) is 4.03. The molecule has 0 spiro atoms. The van der Waals surface area contributed by atoms with E-state index in [0.29, 0.717) is 5.92 Å². The lowest BCUT2D eigenvalue weighted by Crippen LogP contribution is -2.34. The second-order valence-electron chi connectivity index (χ2n) is 7.74. The molecule has 2 aromatic heterocycles. The monoisotopic (exact) mass is 379 g/mol. The number of benzene rings is 1. The largest absolute Gasteiger partial charge is 0.494 e. The molecule has 0 radical (unpaired) electrons. The predicted molar refractivity (Wildman–Crippen MR) is 113 cm³/mol. The molecule has 3 aromatic rings. The number of pyridine rings is 1. The molecule has 0 atom stereocenters. The lowest BCUT2D eigenvalue weighted by atomic mass is 9.96. The van der Waals surface area contributed by atoms with E-state index in [-0.39, 0.29) is 0 Å². The van der Waals surface area contributed by atoms with Gasteiger partial charge >= 0.3 is 0 Å². The van der Waals surface area contributed by atoms with Crippen molar-refractivity contribution in [3.63, 3.8) is 0 Å². The van der Waals surface area contributed by atoms with E-state index in [9.17, 15) is 0 Å². The van der Waals surface area contributed by atoms with Crippen LogP contribution in [-0.4, -0.2) is 60.3 Å². The molecule has 0 saturated carbocycles. The number of para-hydroxylation sites is 1. The SMILES string of the molecule is COc1cccc2ccc(N3CCC(c4nccn4CCN(C)C)CC3)nc12. The molecule has 0 N–H and O–H groups in total. The van der Waals surface area contributed by atoms with Crippen LogP contribution in [0.1, 0.15) is 24.6 Å². The zero-order chi connectivity index (χ0) is 19.5. The second kappa shape index (κ2) is 8.19. The van der Waals surface area contributed by atoms with Crippen LogP contribution in [0.4, 0.5) is 5.82 Å². The quantitative estimate of drug-likeness (QED) is 0.657. The highest BCUT2D eigenvalue weighted by atomic mass is 16.5. The highest BCUT2D eigenvalue weighted by molar-refractivity contribution is 5.86. The molecule has 1 aliphatic rings. The minimum atomic E-state index is 0.517. The van der Waals surface area contributed by atoms with Crippen molar-refractivity contribution < 1.29 is 4.74 Å². The van der Waals surface area contributed by atoms with E-state index in [2.05, 4.69) is 57.8 Å². The van der Waals surface area contributed by atoms with Crippen molar-refractivity contribution in [2.24, 2.45) is 0 Å². The summed E-state index contributed by atoms with van der Waals surface area (Å²) in [4.78, 5) is 14.2. The Hall–Kier alpha value is -2.60. The summed E-state index contributed by atoms with van der Waals surface area (Å²) in [6.07, 6.45) is 6.26. The molecule has 1 aliphatic heterocycles. The van der Waals surface area contributed by atoms with Gasteiger partial charge in [0.25, 0.3) is 0 Å². The molecule has 0 bridgehead atoms. The van der Waals surface area contributed by atoms with Crippen LogP contribution in [0.5, 0.6) is 5.75 Å². The number of anilines is 1. The van der Waals surface area contributed by atoms with Crippen LogP contribution in [0.2, 0.25) is 0 Å². The minimum Gasteiger partial charge on any atom is -0.494 e. The van der Waals surface area contributed by atoms with Crippen LogP contribution >= 0.6 is 0 Å². The summed E-state index contributed by atoms with van der Waals surface area (Å²) in [5.74, 6) is 3.61. The summed E-state index contributed by atoms with van der Waals surface area (Å²) in [6, 6.07) is 10.3. The Bertz CT molecular complexity index is 928. The van der Waals surface area contributed by atoms with E-state index < -0.39 is 0 Å². The van der Waals surface area contributed by atoms with E-state index in [1.807, 2.05) is 18.3 Å². The molecule has 3 heterocycles. The number of likely N-dealkylation sites (N-methyl/N-ethyl adjacent to an activating group) is 1. The number of hydrogen-bond donors (Lipinski definition) is 0. The molecular formula is C22H29N5O. The molecule has 6 nitrogen and oxygen atoms in total. The van der Waals surface area contributed by atoms with Crippen molar-refractivity contribution in [3.05, 3.63) is 48.5 Å². The molecule has 148 valence electrons. The first-order chi connectivity index (χ1) is 13.7. The van der Waals surface area contributed by atoms with Gasteiger partial charge in [-0.1, -0.05) is 12.1 Å². The fourth-order valence-corrected chi connectivity index (χ4v) is 3.99. The number of methoxy groups -OCH3 is 1. The summed E-state index contributed by atoms with van der Waals surface area (Å²) in [7, 11) is 5.92. The molecule has 6 heteroatoms. The van der Waals surface area contributed by atoms with E-state index >= 15 is 0 Å². The van der Waals surface area contributed by atoms with Gasteiger partial charge in [0.15, 0.2) is 0 Å². The van der Waals surface area contributed by atoms with Gasteiger partial charge < -0.3 is 19.1 Å². The van der Waals surface area contributed by atoms with Crippen molar-refractivity contribution in [3.8, 4) is 5.75 Å². The fourth-order valence-electron chi connectivity index (χ4n) is 3.99. The van der Waals surface area contributed by atoms with Gasteiger partial charge in [0.2, 0.25) is 0 Å². The van der Waals surface area contributed by atoms with Crippen LogP contribution in [0.3, 0.4) is 0 Å². The first-order valence-electron chi connectivity index (χ1n) is 10.00. The maximum Gasteiger partial charge on any atom is 0.145 e. The smallest absolute Gasteiger partial charge is 0.145 e. The lowest BCUT2D eigenvalue weighted by molar-refractivity contribution is 0.372. The number of rotatable bonds is 6. The molecular weight excluding hydrogens is 350 g/mol. The highest BCUT2D eigenvalue weighted by Gasteiger charge is 2.24. The van der Waals surface area contributed by atoms with E-state index in [0.717, 1.165) is 61.5 Å². The highest BCUT2D eigenvalue weighted by Crippen LogP contribution is 2.31. The Labute approximate surface area is 166 Å². The molecule has 1 saturated heterocycles. The number of hydrogen-bond acceptors (Lipinski definition) is 5. The van der Waals surface area contributed by atoms with E-state index in [1.165, 1.54) is 5.82 Å². The van der Waals surface area contributed by atoms with Gasteiger partial charge in [-0.2, -0.15) is 0 Å². The maximum atomic E-state index is 5.49. The van der Waals surface area contributed by atoms with Gasteiger partial charge in [-0.25, -0.2) is 9.97 Å². The van der Waals surface area contributed by atoms with Gasteiger partial charge in [-0.3, -0.25) is 0 Å². The Morgan fingerprint density at radius 3 is 2.71 bits per heavy atom. The number of piperidine rings is 1. The Balaban J connectivity index is 1.46. The Morgan fingerprint density at radius 1 is 1.14 bits per heavy atom. The summed E-state index contributed by atoms with van der Waals surface area (Å²) in [5, 5.41) is 1.11. The number of aromatic nitrogens is 3. The van der Waals surface area contributed by atoms with Crippen LogP contribution in [-0.2, 0) is 6.54 Å². The van der Waals surface area contributed by atoms with E-state index in [4.69, 9.17) is 9.72 Å². The van der Waals surface area contributed by atoms with E-state index in [1.54, 1.807) is 7.11 Å². The third kappa shape index (κ3) is 3.83. The zero-order valence-corrected chi connectivity index (χ0v) is 17.0. The molecule has 1 aromatic carbocycles. The first-order valence-corrected chi connectivity index (χ1v) is 10.00. The average molecular weight is 380 g/mol. The number of fused-ring (bicyclic) bond motifs is 1. The van der Waals surface area contributed by atoms with Crippen molar-refractivity contribution in [2.75, 3.05) is 45.7 Å². The van der Waals surface area contributed by atoms with Crippen molar-refractivity contribution in [1.29, 1.82) is 0 Å². The summed E-state index contributed by atoms with van der Waals surface area (Å²) in [5.41, 5.74) is 0.934. The zero-order valence-electron chi connectivity index (χ0n) is 17.0. The standard InChI is InChI=1S/C22H29N5O/c1-25(2)15-16-27-14-11-23-22(27)18-9-12-26(13-10-18)20-8-7-17-5-4-6-19(28-3)21(17)24-20/h4-8,11,14,18H,9-10,12-13,15-16H2,1-3H3. The van der Waals surface area contributed by atoms with Gasteiger partial charge in [0.1, 0.15) is 22.9 Å². The molecule has 0 amide bonds. The van der Waals surface area contributed by atoms with Gasteiger partial charge in [0, 0.05) is 49.9 Å².